The van der Waals surface area contributed by atoms with Crippen molar-refractivity contribution in [3.63, 3.8) is 0 Å². The molecule has 0 aliphatic carbocycles. The van der Waals surface area contributed by atoms with Crippen LogP contribution < -0.4 is 5.32 Å². The normalized spacial score (nSPS) is 24.7. The summed E-state index contributed by atoms with van der Waals surface area (Å²) < 4.78 is 0. The fourth-order valence-electron chi connectivity index (χ4n) is 1.89. The second-order valence-electron chi connectivity index (χ2n) is 5.26. The van der Waals surface area contributed by atoms with Crippen LogP contribution in [0.2, 0.25) is 0 Å². The van der Waals surface area contributed by atoms with Crippen molar-refractivity contribution >= 4 is 0 Å². The second-order valence-corrected chi connectivity index (χ2v) is 5.26. The molecule has 0 spiro atoms. The molecule has 1 aliphatic rings. The summed E-state index contributed by atoms with van der Waals surface area (Å²) in [5.41, 5.74) is 0.339. The van der Waals surface area contributed by atoms with Crippen molar-refractivity contribution in [2.75, 3.05) is 26.2 Å². The molecular formula is C11H24N2. The summed E-state index contributed by atoms with van der Waals surface area (Å²) in [7, 11) is 0. The van der Waals surface area contributed by atoms with Gasteiger partial charge in [0.25, 0.3) is 0 Å². The van der Waals surface area contributed by atoms with Gasteiger partial charge in [0.2, 0.25) is 0 Å². The van der Waals surface area contributed by atoms with Gasteiger partial charge in [0.05, 0.1) is 0 Å². The summed E-state index contributed by atoms with van der Waals surface area (Å²) in [4.78, 5) is 2.58. The van der Waals surface area contributed by atoms with Crippen LogP contribution in [0, 0.1) is 5.92 Å². The Morgan fingerprint density at radius 3 is 2.62 bits per heavy atom. The zero-order chi connectivity index (χ0) is 9.90. The molecule has 2 heteroatoms. The summed E-state index contributed by atoms with van der Waals surface area (Å²) in [6.45, 7) is 14.0. The molecule has 0 aromatic carbocycles. The first-order valence-electron chi connectivity index (χ1n) is 5.47. The molecule has 1 aliphatic heterocycles. The maximum atomic E-state index is 3.58. The van der Waals surface area contributed by atoms with Crippen molar-refractivity contribution in [1.29, 1.82) is 0 Å². The van der Waals surface area contributed by atoms with Gasteiger partial charge in [0.15, 0.2) is 0 Å². The molecule has 0 saturated carbocycles. The highest BCUT2D eigenvalue weighted by molar-refractivity contribution is 4.82. The van der Waals surface area contributed by atoms with E-state index in [1.165, 1.54) is 26.1 Å². The van der Waals surface area contributed by atoms with Crippen LogP contribution in [0.3, 0.4) is 0 Å². The minimum absolute atomic E-state index is 0.339. The molecule has 0 amide bonds. The summed E-state index contributed by atoms with van der Waals surface area (Å²) in [6, 6.07) is 0. The summed E-state index contributed by atoms with van der Waals surface area (Å²) >= 11 is 0. The lowest BCUT2D eigenvalue weighted by molar-refractivity contribution is 0.254. The number of hydrogen-bond donors (Lipinski definition) is 1. The minimum Gasteiger partial charge on any atom is -0.310 e. The van der Waals surface area contributed by atoms with E-state index >= 15 is 0 Å². The van der Waals surface area contributed by atoms with Gasteiger partial charge >= 0.3 is 0 Å². The minimum atomic E-state index is 0.339. The van der Waals surface area contributed by atoms with Crippen LogP contribution in [-0.4, -0.2) is 36.6 Å². The standard InChI is InChI=1S/C11H24N2/c1-10(2)9-13-7-5-11(3,4)12-6-8-13/h10,12H,5-9H2,1-4H3. The summed E-state index contributed by atoms with van der Waals surface area (Å²) in [5.74, 6) is 0.793. The third-order valence-corrected chi connectivity index (χ3v) is 2.71. The lowest BCUT2D eigenvalue weighted by Gasteiger charge is -2.24. The highest BCUT2D eigenvalue weighted by Crippen LogP contribution is 2.13. The van der Waals surface area contributed by atoms with Gasteiger partial charge in [-0.3, -0.25) is 0 Å². The van der Waals surface area contributed by atoms with Crippen LogP contribution in [-0.2, 0) is 0 Å². The largest absolute Gasteiger partial charge is 0.310 e. The van der Waals surface area contributed by atoms with Gasteiger partial charge in [0.1, 0.15) is 0 Å². The Kier molecular flexibility index (Phi) is 3.74. The van der Waals surface area contributed by atoms with Crippen LogP contribution in [0.25, 0.3) is 0 Å². The molecule has 78 valence electrons. The van der Waals surface area contributed by atoms with Crippen LogP contribution >= 0.6 is 0 Å². The van der Waals surface area contributed by atoms with E-state index in [9.17, 15) is 0 Å². The Labute approximate surface area is 82.7 Å². The van der Waals surface area contributed by atoms with Crippen LogP contribution in [0.15, 0.2) is 0 Å². The van der Waals surface area contributed by atoms with E-state index in [-0.39, 0.29) is 0 Å². The molecule has 0 atom stereocenters. The monoisotopic (exact) mass is 184 g/mol. The SMILES string of the molecule is CC(C)CN1CCNC(C)(C)CC1. The van der Waals surface area contributed by atoms with Crippen LogP contribution in [0.4, 0.5) is 0 Å². The average Bonchev–Trinajstić information content (AvgIpc) is 2.12. The van der Waals surface area contributed by atoms with E-state index in [0.29, 0.717) is 5.54 Å². The van der Waals surface area contributed by atoms with Crippen molar-refractivity contribution in [2.45, 2.75) is 39.7 Å². The molecule has 0 bridgehead atoms. The Bertz CT molecular complexity index is 152. The number of hydrogen-bond acceptors (Lipinski definition) is 2. The number of rotatable bonds is 2. The maximum absolute atomic E-state index is 3.58. The molecule has 0 aromatic heterocycles. The first kappa shape index (κ1) is 11.0. The highest BCUT2D eigenvalue weighted by atomic mass is 15.2. The molecule has 2 nitrogen and oxygen atoms in total. The average molecular weight is 184 g/mol. The summed E-state index contributed by atoms with van der Waals surface area (Å²) in [5, 5.41) is 3.58. The maximum Gasteiger partial charge on any atom is 0.0137 e. The van der Waals surface area contributed by atoms with Gasteiger partial charge in [-0.15, -0.1) is 0 Å². The number of nitrogens with zero attached hydrogens (tertiary/aromatic N) is 1. The molecule has 13 heavy (non-hydrogen) atoms. The molecule has 1 heterocycles. The van der Waals surface area contributed by atoms with E-state index < -0.39 is 0 Å². The van der Waals surface area contributed by atoms with E-state index in [4.69, 9.17) is 0 Å². The molecule has 0 radical (unpaired) electrons. The summed E-state index contributed by atoms with van der Waals surface area (Å²) in [6.07, 6.45) is 1.26. The Morgan fingerprint density at radius 2 is 2.00 bits per heavy atom. The molecule has 0 aromatic rings. The van der Waals surface area contributed by atoms with Crippen molar-refractivity contribution in [3.05, 3.63) is 0 Å². The first-order valence-corrected chi connectivity index (χ1v) is 5.47. The number of nitrogens with one attached hydrogen (secondary N) is 1. The third-order valence-electron chi connectivity index (χ3n) is 2.71. The lowest BCUT2D eigenvalue weighted by atomic mass is 10.0. The second kappa shape index (κ2) is 4.43. The predicted octanol–water partition coefficient (Wildman–Crippen LogP) is 1.72. The lowest BCUT2D eigenvalue weighted by Crippen LogP contribution is -2.39. The van der Waals surface area contributed by atoms with E-state index in [1.54, 1.807) is 0 Å². The molecule has 1 fully saturated rings. The molecular weight excluding hydrogens is 160 g/mol. The topological polar surface area (TPSA) is 15.3 Å². The smallest absolute Gasteiger partial charge is 0.0137 e. The molecule has 1 N–H and O–H groups in total. The Hall–Kier alpha value is -0.0800. The van der Waals surface area contributed by atoms with Gasteiger partial charge in [-0.25, -0.2) is 0 Å². The molecule has 1 rings (SSSR count). The zero-order valence-electron chi connectivity index (χ0n) is 9.56. The van der Waals surface area contributed by atoms with Crippen molar-refractivity contribution in [1.82, 2.24) is 10.2 Å². The molecule has 1 saturated heterocycles. The van der Waals surface area contributed by atoms with Crippen molar-refractivity contribution < 1.29 is 0 Å². The van der Waals surface area contributed by atoms with Crippen LogP contribution in [0.5, 0.6) is 0 Å². The van der Waals surface area contributed by atoms with Gasteiger partial charge < -0.3 is 10.2 Å². The van der Waals surface area contributed by atoms with Crippen LogP contribution in [0.1, 0.15) is 34.1 Å². The third kappa shape index (κ3) is 4.10. The fourth-order valence-corrected chi connectivity index (χ4v) is 1.89. The Balaban J connectivity index is 2.36. The first-order chi connectivity index (χ1) is 5.99. The zero-order valence-corrected chi connectivity index (χ0v) is 9.56. The van der Waals surface area contributed by atoms with E-state index in [0.717, 1.165) is 12.5 Å². The predicted molar refractivity (Wildman–Crippen MR) is 58.0 cm³/mol. The fraction of sp³-hybridized carbons (Fsp3) is 1.00. The van der Waals surface area contributed by atoms with E-state index in [2.05, 4.69) is 37.9 Å². The highest BCUT2D eigenvalue weighted by Gasteiger charge is 2.22. The van der Waals surface area contributed by atoms with Gasteiger partial charge in [-0.1, -0.05) is 13.8 Å². The van der Waals surface area contributed by atoms with Gasteiger partial charge in [0, 0.05) is 25.2 Å². The Morgan fingerprint density at radius 1 is 1.31 bits per heavy atom. The van der Waals surface area contributed by atoms with Crippen molar-refractivity contribution in [2.24, 2.45) is 5.92 Å². The van der Waals surface area contributed by atoms with Gasteiger partial charge in [-0.05, 0) is 32.7 Å². The van der Waals surface area contributed by atoms with E-state index in [1.807, 2.05) is 0 Å². The van der Waals surface area contributed by atoms with Crippen molar-refractivity contribution in [3.8, 4) is 0 Å². The van der Waals surface area contributed by atoms with Gasteiger partial charge in [-0.2, -0.15) is 0 Å². The quantitative estimate of drug-likeness (QED) is 0.703. The molecule has 0 unspecified atom stereocenters.